The third-order valence-corrected chi connectivity index (χ3v) is 4.84. The molecule has 1 aliphatic rings. The number of anilines is 2. The van der Waals surface area contributed by atoms with E-state index in [2.05, 4.69) is 16.0 Å². The van der Waals surface area contributed by atoms with Crippen molar-refractivity contribution >= 4 is 29.3 Å². The van der Waals surface area contributed by atoms with Crippen LogP contribution in [-0.4, -0.2) is 42.5 Å². The molecule has 0 saturated carbocycles. The maximum Gasteiger partial charge on any atom is 0.319 e. The molecule has 1 aliphatic heterocycles. The van der Waals surface area contributed by atoms with Crippen LogP contribution in [0.15, 0.2) is 48.5 Å². The van der Waals surface area contributed by atoms with E-state index >= 15 is 0 Å². The first-order valence-corrected chi connectivity index (χ1v) is 9.67. The van der Waals surface area contributed by atoms with Crippen molar-refractivity contribution in [2.24, 2.45) is 11.7 Å². The highest BCUT2D eigenvalue weighted by atomic mass is 19.1. The molecule has 30 heavy (non-hydrogen) atoms. The summed E-state index contributed by atoms with van der Waals surface area (Å²) in [4.78, 5) is 37.5. The summed E-state index contributed by atoms with van der Waals surface area (Å²) in [6.07, 6.45) is 1.73. The number of piperidine rings is 1. The third kappa shape index (κ3) is 5.94. The molecule has 8 nitrogen and oxygen atoms in total. The molecule has 1 saturated heterocycles. The summed E-state index contributed by atoms with van der Waals surface area (Å²) in [6.45, 7) is 1.58. The minimum atomic E-state index is -0.665. The number of hydrogen-bond donors (Lipinski definition) is 4. The van der Waals surface area contributed by atoms with Crippen LogP contribution in [0.25, 0.3) is 0 Å². The van der Waals surface area contributed by atoms with Gasteiger partial charge >= 0.3 is 12.1 Å². The molecule has 5 amide bonds. The molecule has 1 unspecified atom stereocenters. The molecule has 0 bridgehead atoms. The van der Waals surface area contributed by atoms with Gasteiger partial charge in [-0.25, -0.2) is 14.0 Å². The van der Waals surface area contributed by atoms with Gasteiger partial charge in [0.05, 0.1) is 0 Å². The van der Waals surface area contributed by atoms with E-state index < -0.39 is 17.9 Å². The molecule has 2 aromatic rings. The van der Waals surface area contributed by atoms with Crippen LogP contribution >= 0.6 is 0 Å². The molecule has 2 aromatic carbocycles. The summed E-state index contributed by atoms with van der Waals surface area (Å²) in [5.41, 5.74) is 6.49. The second-order valence-electron chi connectivity index (χ2n) is 7.17. The van der Waals surface area contributed by atoms with Crippen LogP contribution in [0.3, 0.4) is 0 Å². The number of rotatable bonds is 5. The maximum atomic E-state index is 13.2. The van der Waals surface area contributed by atoms with Gasteiger partial charge < -0.3 is 26.6 Å². The van der Waals surface area contributed by atoms with Crippen LogP contribution < -0.4 is 21.7 Å². The minimum absolute atomic E-state index is 0.102. The summed E-state index contributed by atoms with van der Waals surface area (Å²) in [5, 5.41) is 7.83. The molecular formula is C21H24FN5O3. The molecule has 1 fully saturated rings. The highest BCUT2D eigenvalue weighted by Gasteiger charge is 2.24. The van der Waals surface area contributed by atoms with Crippen LogP contribution in [0.2, 0.25) is 0 Å². The molecule has 5 N–H and O–H groups in total. The van der Waals surface area contributed by atoms with Crippen molar-refractivity contribution in [2.45, 2.75) is 12.8 Å². The molecule has 0 spiro atoms. The SMILES string of the molecule is NC(=O)Nc1ccc(C(=O)N2CCCC(CNC(=O)Nc3cccc(F)c3)C2)cc1. The fraction of sp³-hybridized carbons (Fsp3) is 0.286. The number of carbonyl (C=O) groups is 3. The number of hydrogen-bond acceptors (Lipinski definition) is 3. The number of nitrogens with two attached hydrogens (primary N) is 1. The average Bonchev–Trinajstić information content (AvgIpc) is 2.72. The second kappa shape index (κ2) is 9.73. The Morgan fingerprint density at radius 1 is 1.07 bits per heavy atom. The fourth-order valence-electron chi connectivity index (χ4n) is 3.42. The Balaban J connectivity index is 1.50. The van der Waals surface area contributed by atoms with Gasteiger partial charge in [-0.1, -0.05) is 6.07 Å². The predicted molar refractivity (Wildman–Crippen MR) is 112 cm³/mol. The van der Waals surface area contributed by atoms with E-state index in [9.17, 15) is 18.8 Å². The van der Waals surface area contributed by atoms with Gasteiger partial charge in [-0.2, -0.15) is 0 Å². The Labute approximate surface area is 173 Å². The molecular weight excluding hydrogens is 389 g/mol. The molecule has 3 rings (SSSR count). The van der Waals surface area contributed by atoms with Crippen molar-refractivity contribution in [3.63, 3.8) is 0 Å². The van der Waals surface area contributed by atoms with Gasteiger partial charge in [-0.05, 0) is 61.2 Å². The molecule has 0 radical (unpaired) electrons. The Morgan fingerprint density at radius 2 is 1.83 bits per heavy atom. The molecule has 0 aliphatic carbocycles. The largest absolute Gasteiger partial charge is 0.351 e. The number of halogens is 1. The Bertz CT molecular complexity index is 919. The van der Waals surface area contributed by atoms with Gasteiger partial charge in [0.25, 0.3) is 5.91 Å². The number of primary amides is 1. The number of nitrogens with zero attached hydrogens (tertiary/aromatic N) is 1. The Kier molecular flexibility index (Phi) is 6.84. The van der Waals surface area contributed by atoms with Crippen molar-refractivity contribution in [1.29, 1.82) is 0 Å². The van der Waals surface area contributed by atoms with Gasteiger partial charge in [-0.3, -0.25) is 4.79 Å². The monoisotopic (exact) mass is 413 g/mol. The first-order valence-electron chi connectivity index (χ1n) is 9.67. The van der Waals surface area contributed by atoms with Crippen LogP contribution in [-0.2, 0) is 0 Å². The van der Waals surface area contributed by atoms with Crippen molar-refractivity contribution in [1.82, 2.24) is 10.2 Å². The van der Waals surface area contributed by atoms with E-state index in [-0.39, 0.29) is 11.8 Å². The van der Waals surface area contributed by atoms with Crippen LogP contribution in [0.1, 0.15) is 23.2 Å². The topological polar surface area (TPSA) is 117 Å². The van der Waals surface area contributed by atoms with E-state index in [0.29, 0.717) is 36.6 Å². The first-order chi connectivity index (χ1) is 14.4. The summed E-state index contributed by atoms with van der Waals surface area (Å²) >= 11 is 0. The summed E-state index contributed by atoms with van der Waals surface area (Å²) in [7, 11) is 0. The molecule has 1 heterocycles. The number of urea groups is 2. The molecule has 9 heteroatoms. The Morgan fingerprint density at radius 3 is 2.53 bits per heavy atom. The van der Waals surface area contributed by atoms with E-state index in [1.807, 2.05) is 0 Å². The van der Waals surface area contributed by atoms with Gasteiger partial charge in [0.15, 0.2) is 0 Å². The van der Waals surface area contributed by atoms with Crippen LogP contribution in [0.4, 0.5) is 25.4 Å². The summed E-state index contributed by atoms with van der Waals surface area (Å²) in [5.74, 6) is -0.404. The standard InChI is InChI=1S/C21H24FN5O3/c22-16-4-1-5-18(11-16)26-21(30)24-12-14-3-2-10-27(13-14)19(28)15-6-8-17(9-7-15)25-20(23)29/h1,4-9,11,14H,2-3,10,12-13H2,(H3,23,25,29)(H2,24,26,30). The van der Waals surface area contributed by atoms with E-state index in [0.717, 1.165) is 12.8 Å². The smallest absolute Gasteiger partial charge is 0.319 e. The number of benzene rings is 2. The molecule has 158 valence electrons. The first kappa shape index (κ1) is 21.1. The van der Waals surface area contributed by atoms with E-state index in [1.54, 1.807) is 35.2 Å². The van der Waals surface area contributed by atoms with Gasteiger partial charge in [0.2, 0.25) is 0 Å². The zero-order valence-corrected chi connectivity index (χ0v) is 16.4. The zero-order chi connectivity index (χ0) is 21.5. The van der Waals surface area contributed by atoms with Crippen molar-refractivity contribution in [3.8, 4) is 0 Å². The quantitative estimate of drug-likeness (QED) is 0.604. The number of amides is 5. The molecule has 1 atom stereocenters. The Hall–Kier alpha value is -3.62. The predicted octanol–water partition coefficient (Wildman–Crippen LogP) is 2.99. The second-order valence-corrected chi connectivity index (χ2v) is 7.17. The highest BCUT2D eigenvalue weighted by molar-refractivity contribution is 5.95. The van der Waals surface area contributed by atoms with E-state index in [4.69, 9.17) is 5.73 Å². The lowest BCUT2D eigenvalue weighted by Crippen LogP contribution is -2.44. The number of carbonyl (C=O) groups excluding carboxylic acids is 3. The third-order valence-electron chi connectivity index (χ3n) is 4.84. The van der Waals surface area contributed by atoms with Crippen molar-refractivity contribution in [2.75, 3.05) is 30.3 Å². The maximum absolute atomic E-state index is 13.2. The average molecular weight is 413 g/mol. The van der Waals surface area contributed by atoms with Crippen LogP contribution in [0, 0.1) is 11.7 Å². The van der Waals surface area contributed by atoms with Crippen molar-refractivity contribution in [3.05, 3.63) is 59.9 Å². The van der Waals surface area contributed by atoms with E-state index in [1.165, 1.54) is 18.2 Å². The van der Waals surface area contributed by atoms with Gasteiger partial charge in [0, 0.05) is 36.6 Å². The lowest BCUT2D eigenvalue weighted by Gasteiger charge is -2.33. The number of nitrogens with one attached hydrogen (secondary N) is 3. The fourth-order valence-corrected chi connectivity index (χ4v) is 3.42. The number of likely N-dealkylation sites (tertiary alicyclic amines) is 1. The summed E-state index contributed by atoms with van der Waals surface area (Å²) < 4.78 is 13.2. The lowest BCUT2D eigenvalue weighted by atomic mass is 9.97. The van der Waals surface area contributed by atoms with Gasteiger partial charge in [-0.15, -0.1) is 0 Å². The van der Waals surface area contributed by atoms with Crippen molar-refractivity contribution < 1.29 is 18.8 Å². The lowest BCUT2D eigenvalue weighted by molar-refractivity contribution is 0.0675. The molecule has 0 aromatic heterocycles. The zero-order valence-electron chi connectivity index (χ0n) is 16.4. The van der Waals surface area contributed by atoms with Crippen LogP contribution in [0.5, 0.6) is 0 Å². The van der Waals surface area contributed by atoms with Gasteiger partial charge in [0.1, 0.15) is 5.82 Å². The highest BCUT2D eigenvalue weighted by Crippen LogP contribution is 2.19. The minimum Gasteiger partial charge on any atom is -0.351 e. The summed E-state index contributed by atoms with van der Waals surface area (Å²) in [6, 6.07) is 11.1. The normalized spacial score (nSPS) is 15.9.